The number of hydrogen-bond donors (Lipinski definition) is 1. The zero-order valence-electron chi connectivity index (χ0n) is 8.40. The van der Waals surface area contributed by atoms with Gasteiger partial charge in [-0.05, 0) is 0 Å². The Kier molecular flexibility index (Phi) is 2.25. The summed E-state index contributed by atoms with van der Waals surface area (Å²) in [6.07, 6.45) is -5.58. The molecule has 1 N–H and O–H groups in total. The van der Waals surface area contributed by atoms with E-state index in [2.05, 4.69) is 4.99 Å². The van der Waals surface area contributed by atoms with Crippen LogP contribution in [-0.4, -0.2) is 65.2 Å². The number of amidine groups is 1. The van der Waals surface area contributed by atoms with Crippen LogP contribution in [0.5, 0.6) is 0 Å². The molecule has 1 fully saturated rings. The van der Waals surface area contributed by atoms with Crippen molar-refractivity contribution in [2.24, 2.45) is 4.99 Å². The minimum atomic E-state index is -4.47. The fourth-order valence-corrected chi connectivity index (χ4v) is 2.11. The summed E-state index contributed by atoms with van der Waals surface area (Å²) in [6, 6.07) is -1.09. The maximum absolute atomic E-state index is 12.5. The van der Waals surface area contributed by atoms with Crippen LogP contribution < -0.4 is 0 Å². The van der Waals surface area contributed by atoms with Gasteiger partial charge in [-0.1, -0.05) is 0 Å². The number of fused-ring (bicyclic) bond motifs is 1. The fourth-order valence-electron chi connectivity index (χ4n) is 2.11. The molecule has 2 aliphatic heterocycles. The van der Waals surface area contributed by atoms with E-state index in [1.54, 1.807) is 0 Å². The van der Waals surface area contributed by atoms with Gasteiger partial charge < -0.3 is 14.9 Å². The molecule has 2 atom stereocenters. The first-order chi connectivity index (χ1) is 7.30. The van der Waals surface area contributed by atoms with Gasteiger partial charge in [0.15, 0.2) is 0 Å². The number of likely N-dealkylation sites (tertiary alicyclic amines) is 1. The van der Waals surface area contributed by atoms with E-state index < -0.39 is 30.2 Å². The topological polar surface area (TPSA) is 56.1 Å². The fraction of sp³-hybridized carbons (Fsp3) is 0.750. The summed E-state index contributed by atoms with van der Waals surface area (Å²) in [6.45, 7) is 0.101. The highest BCUT2D eigenvalue weighted by atomic mass is 19.4. The Morgan fingerprint density at radius 1 is 1.50 bits per heavy atom. The number of hydrogen-bond acceptors (Lipinski definition) is 3. The third kappa shape index (κ3) is 1.57. The minimum Gasteiger partial charge on any atom is -0.465 e. The summed E-state index contributed by atoms with van der Waals surface area (Å²) >= 11 is 0. The summed E-state index contributed by atoms with van der Waals surface area (Å²) in [5.74, 6) is -0.910. The van der Waals surface area contributed by atoms with Gasteiger partial charge in [0.25, 0.3) is 0 Å². The number of carboxylic acid groups (broad SMARTS) is 1. The van der Waals surface area contributed by atoms with Crippen molar-refractivity contribution in [2.75, 3.05) is 20.1 Å². The van der Waals surface area contributed by atoms with Crippen LogP contribution in [-0.2, 0) is 0 Å². The zero-order valence-corrected chi connectivity index (χ0v) is 8.40. The standard InChI is InChI=1S/C8H10F3N3O2/c1-13-5-3-14(7(15)16)2-4(5)12-6(13)8(9,10)11/h4-5H,2-3H2,1H3,(H,15,16). The van der Waals surface area contributed by atoms with Gasteiger partial charge in [-0.25, -0.2) is 4.79 Å². The lowest BCUT2D eigenvalue weighted by Gasteiger charge is -2.23. The van der Waals surface area contributed by atoms with Crippen LogP contribution in [0, 0.1) is 0 Å². The Bertz CT molecular complexity index is 355. The number of amides is 1. The van der Waals surface area contributed by atoms with Crippen molar-refractivity contribution in [3.63, 3.8) is 0 Å². The Labute approximate surface area is 89.1 Å². The molecule has 0 bridgehead atoms. The minimum absolute atomic E-state index is 0.0317. The summed E-state index contributed by atoms with van der Waals surface area (Å²) in [5.41, 5.74) is 0. The Morgan fingerprint density at radius 2 is 2.12 bits per heavy atom. The molecule has 2 unspecified atom stereocenters. The molecule has 0 saturated carbocycles. The molecule has 1 saturated heterocycles. The molecular weight excluding hydrogens is 227 g/mol. The lowest BCUT2D eigenvalue weighted by atomic mass is 10.2. The van der Waals surface area contributed by atoms with Gasteiger partial charge in [-0.2, -0.15) is 13.2 Å². The van der Waals surface area contributed by atoms with Crippen molar-refractivity contribution in [3.8, 4) is 0 Å². The average molecular weight is 237 g/mol. The average Bonchev–Trinajstić information content (AvgIpc) is 2.64. The number of aliphatic imine (C=N–C) groups is 1. The molecular formula is C8H10F3N3O2. The SMILES string of the molecule is CN1C(C(F)(F)F)=NC2CN(C(=O)O)CC21. The third-order valence-electron chi connectivity index (χ3n) is 2.90. The molecule has 0 aromatic heterocycles. The maximum Gasteiger partial charge on any atom is 0.449 e. The largest absolute Gasteiger partial charge is 0.465 e. The quantitative estimate of drug-likeness (QED) is 0.672. The van der Waals surface area contributed by atoms with Gasteiger partial charge in [-0.15, -0.1) is 0 Å². The number of alkyl halides is 3. The molecule has 5 nitrogen and oxygen atoms in total. The predicted molar refractivity (Wildman–Crippen MR) is 48.4 cm³/mol. The van der Waals surface area contributed by atoms with E-state index in [-0.39, 0.29) is 13.1 Å². The summed E-state index contributed by atoms with van der Waals surface area (Å²) in [4.78, 5) is 16.3. The summed E-state index contributed by atoms with van der Waals surface area (Å²) in [7, 11) is 1.29. The van der Waals surface area contributed by atoms with Crippen LogP contribution in [0.2, 0.25) is 0 Å². The molecule has 0 spiro atoms. The van der Waals surface area contributed by atoms with Crippen molar-refractivity contribution in [1.29, 1.82) is 0 Å². The highest BCUT2D eigenvalue weighted by Crippen LogP contribution is 2.31. The molecule has 2 rings (SSSR count). The van der Waals surface area contributed by atoms with E-state index in [9.17, 15) is 18.0 Å². The number of carbonyl (C=O) groups is 1. The molecule has 2 aliphatic rings. The molecule has 8 heteroatoms. The number of likely N-dealkylation sites (N-methyl/N-ethyl adjacent to an activating group) is 1. The van der Waals surface area contributed by atoms with Crippen molar-refractivity contribution in [1.82, 2.24) is 9.80 Å². The zero-order chi connectivity index (χ0) is 12.1. The summed E-state index contributed by atoms with van der Waals surface area (Å²) < 4.78 is 37.4. The Balaban J connectivity index is 2.17. The molecule has 0 radical (unpaired) electrons. The highest BCUT2D eigenvalue weighted by molar-refractivity contribution is 5.89. The van der Waals surface area contributed by atoms with E-state index in [4.69, 9.17) is 5.11 Å². The lowest BCUT2D eigenvalue weighted by molar-refractivity contribution is -0.0674. The van der Waals surface area contributed by atoms with E-state index >= 15 is 0 Å². The van der Waals surface area contributed by atoms with Crippen molar-refractivity contribution in [2.45, 2.75) is 18.3 Å². The predicted octanol–water partition coefficient (Wildman–Crippen LogP) is 0.623. The van der Waals surface area contributed by atoms with Gasteiger partial charge in [0.1, 0.15) is 0 Å². The second-order valence-electron chi connectivity index (χ2n) is 3.88. The van der Waals surface area contributed by atoms with Crippen molar-refractivity contribution in [3.05, 3.63) is 0 Å². The first-order valence-corrected chi connectivity index (χ1v) is 4.66. The van der Waals surface area contributed by atoms with Crippen LogP contribution in [0.25, 0.3) is 0 Å². The van der Waals surface area contributed by atoms with Gasteiger partial charge in [0.05, 0.1) is 12.1 Å². The molecule has 0 aliphatic carbocycles. The molecule has 1 amide bonds. The van der Waals surface area contributed by atoms with E-state index in [1.165, 1.54) is 7.05 Å². The van der Waals surface area contributed by atoms with Crippen LogP contribution in [0.1, 0.15) is 0 Å². The third-order valence-corrected chi connectivity index (χ3v) is 2.90. The van der Waals surface area contributed by atoms with Gasteiger partial charge >= 0.3 is 12.3 Å². The van der Waals surface area contributed by atoms with E-state index in [0.29, 0.717) is 0 Å². The molecule has 2 heterocycles. The monoisotopic (exact) mass is 237 g/mol. The maximum atomic E-state index is 12.5. The Hall–Kier alpha value is -1.47. The first kappa shape index (κ1) is 11.0. The van der Waals surface area contributed by atoms with Gasteiger partial charge in [-0.3, -0.25) is 4.99 Å². The van der Waals surface area contributed by atoms with Crippen LogP contribution in [0.4, 0.5) is 18.0 Å². The van der Waals surface area contributed by atoms with Gasteiger partial charge in [0.2, 0.25) is 5.84 Å². The number of rotatable bonds is 0. The normalized spacial score (nSPS) is 29.4. The second kappa shape index (κ2) is 3.26. The van der Waals surface area contributed by atoms with Crippen LogP contribution in [0.3, 0.4) is 0 Å². The van der Waals surface area contributed by atoms with Crippen LogP contribution in [0.15, 0.2) is 4.99 Å². The lowest BCUT2D eigenvalue weighted by Crippen LogP contribution is -2.43. The van der Waals surface area contributed by atoms with Crippen molar-refractivity contribution >= 4 is 11.9 Å². The van der Waals surface area contributed by atoms with Gasteiger partial charge in [0, 0.05) is 20.1 Å². The Morgan fingerprint density at radius 3 is 2.56 bits per heavy atom. The molecule has 16 heavy (non-hydrogen) atoms. The molecule has 0 aromatic carbocycles. The van der Waals surface area contributed by atoms with Crippen LogP contribution >= 0.6 is 0 Å². The second-order valence-corrected chi connectivity index (χ2v) is 3.88. The van der Waals surface area contributed by atoms with E-state index in [1.807, 2.05) is 0 Å². The number of nitrogens with zero attached hydrogens (tertiary/aromatic N) is 3. The molecule has 90 valence electrons. The highest BCUT2D eigenvalue weighted by Gasteiger charge is 2.50. The van der Waals surface area contributed by atoms with Crippen molar-refractivity contribution < 1.29 is 23.1 Å². The number of halogens is 3. The van der Waals surface area contributed by atoms with E-state index in [0.717, 1.165) is 9.80 Å². The summed E-state index contributed by atoms with van der Waals surface area (Å²) in [5, 5.41) is 8.72. The molecule has 0 aromatic rings. The smallest absolute Gasteiger partial charge is 0.449 e. The first-order valence-electron chi connectivity index (χ1n) is 4.66.